The van der Waals surface area contributed by atoms with Gasteiger partial charge in [0, 0.05) is 10.7 Å². The fourth-order valence-corrected chi connectivity index (χ4v) is 1.61. The standard InChI is InChI=1S/C12H13BrN2O/c1-8-5-12(15-7-11(8)13)14-6-10-4-3-9(2)16-10/h3-5,7H,6H2,1-2H3,(H,14,15). The summed E-state index contributed by atoms with van der Waals surface area (Å²) in [5.74, 6) is 2.70. The molecule has 0 aliphatic heterocycles. The van der Waals surface area contributed by atoms with Gasteiger partial charge in [0.15, 0.2) is 0 Å². The van der Waals surface area contributed by atoms with Crippen LogP contribution in [-0.2, 0) is 6.54 Å². The highest BCUT2D eigenvalue weighted by Crippen LogP contribution is 2.17. The molecule has 16 heavy (non-hydrogen) atoms. The summed E-state index contributed by atoms with van der Waals surface area (Å²) in [6.07, 6.45) is 1.80. The molecule has 2 aromatic heterocycles. The molecule has 0 aliphatic carbocycles. The van der Waals surface area contributed by atoms with E-state index >= 15 is 0 Å². The first kappa shape index (κ1) is 11.2. The van der Waals surface area contributed by atoms with Gasteiger partial charge in [-0.25, -0.2) is 4.98 Å². The molecule has 0 fully saturated rings. The second kappa shape index (κ2) is 4.70. The molecule has 0 bridgehead atoms. The second-order valence-electron chi connectivity index (χ2n) is 3.68. The Morgan fingerprint density at radius 3 is 2.81 bits per heavy atom. The summed E-state index contributed by atoms with van der Waals surface area (Å²) in [5.41, 5.74) is 1.16. The normalized spacial score (nSPS) is 10.4. The fourth-order valence-electron chi connectivity index (χ4n) is 1.39. The van der Waals surface area contributed by atoms with E-state index in [1.54, 1.807) is 6.20 Å². The summed E-state index contributed by atoms with van der Waals surface area (Å²) in [6.45, 7) is 4.63. The highest BCUT2D eigenvalue weighted by molar-refractivity contribution is 9.10. The molecule has 2 aromatic rings. The summed E-state index contributed by atoms with van der Waals surface area (Å²) in [6, 6.07) is 5.92. The maximum atomic E-state index is 5.46. The van der Waals surface area contributed by atoms with Crippen molar-refractivity contribution in [2.45, 2.75) is 20.4 Å². The zero-order chi connectivity index (χ0) is 11.5. The Morgan fingerprint density at radius 1 is 1.38 bits per heavy atom. The van der Waals surface area contributed by atoms with Crippen molar-refractivity contribution >= 4 is 21.7 Å². The number of aromatic nitrogens is 1. The van der Waals surface area contributed by atoms with Gasteiger partial charge < -0.3 is 9.73 Å². The summed E-state index contributed by atoms with van der Waals surface area (Å²) in [7, 11) is 0. The first-order chi connectivity index (χ1) is 7.65. The van der Waals surface area contributed by atoms with Gasteiger partial charge in [-0.3, -0.25) is 0 Å². The molecular formula is C12H13BrN2O. The van der Waals surface area contributed by atoms with Gasteiger partial charge in [-0.1, -0.05) is 0 Å². The van der Waals surface area contributed by atoms with Gasteiger partial charge in [-0.2, -0.15) is 0 Å². The maximum absolute atomic E-state index is 5.46. The van der Waals surface area contributed by atoms with E-state index < -0.39 is 0 Å². The predicted octanol–water partition coefficient (Wildman–Crippen LogP) is 3.67. The van der Waals surface area contributed by atoms with Gasteiger partial charge in [0.25, 0.3) is 0 Å². The molecule has 0 spiro atoms. The van der Waals surface area contributed by atoms with Crippen LogP contribution in [-0.4, -0.2) is 4.98 Å². The van der Waals surface area contributed by atoms with Crippen LogP contribution in [0.4, 0.5) is 5.82 Å². The van der Waals surface area contributed by atoms with Crippen LogP contribution in [0.2, 0.25) is 0 Å². The SMILES string of the molecule is Cc1ccc(CNc2cc(C)c(Br)cn2)o1. The van der Waals surface area contributed by atoms with Crippen LogP contribution >= 0.6 is 15.9 Å². The van der Waals surface area contributed by atoms with Gasteiger partial charge in [-0.05, 0) is 53.5 Å². The minimum absolute atomic E-state index is 0.655. The number of hydrogen-bond acceptors (Lipinski definition) is 3. The van der Waals surface area contributed by atoms with E-state index in [9.17, 15) is 0 Å². The van der Waals surface area contributed by atoms with E-state index in [1.165, 1.54) is 0 Å². The molecule has 0 aromatic carbocycles. The van der Waals surface area contributed by atoms with E-state index in [2.05, 4.69) is 26.2 Å². The predicted molar refractivity (Wildman–Crippen MR) is 67.4 cm³/mol. The van der Waals surface area contributed by atoms with Gasteiger partial charge >= 0.3 is 0 Å². The van der Waals surface area contributed by atoms with E-state index in [-0.39, 0.29) is 0 Å². The van der Waals surface area contributed by atoms with Gasteiger partial charge in [-0.15, -0.1) is 0 Å². The minimum Gasteiger partial charge on any atom is -0.465 e. The number of pyridine rings is 1. The van der Waals surface area contributed by atoms with Crippen LogP contribution in [0.3, 0.4) is 0 Å². The van der Waals surface area contributed by atoms with Crippen molar-refractivity contribution < 1.29 is 4.42 Å². The molecule has 0 amide bonds. The molecule has 0 aliphatic rings. The molecule has 4 heteroatoms. The van der Waals surface area contributed by atoms with E-state index in [0.717, 1.165) is 27.4 Å². The molecule has 2 heterocycles. The lowest BCUT2D eigenvalue weighted by atomic mass is 10.3. The largest absolute Gasteiger partial charge is 0.465 e. The highest BCUT2D eigenvalue weighted by Gasteiger charge is 2.01. The number of rotatable bonds is 3. The lowest BCUT2D eigenvalue weighted by Crippen LogP contribution is -2.00. The van der Waals surface area contributed by atoms with Gasteiger partial charge in [0.2, 0.25) is 0 Å². The van der Waals surface area contributed by atoms with Crippen LogP contribution in [0.1, 0.15) is 17.1 Å². The Bertz CT molecular complexity index is 494. The molecule has 2 rings (SSSR count). The van der Waals surface area contributed by atoms with Crippen molar-refractivity contribution in [3.05, 3.63) is 46.0 Å². The van der Waals surface area contributed by atoms with Crippen molar-refractivity contribution in [3.63, 3.8) is 0 Å². The number of nitrogens with one attached hydrogen (secondary N) is 1. The third kappa shape index (κ3) is 2.64. The van der Waals surface area contributed by atoms with Crippen molar-refractivity contribution in [1.82, 2.24) is 4.98 Å². The van der Waals surface area contributed by atoms with Crippen molar-refractivity contribution in [2.75, 3.05) is 5.32 Å². The molecule has 0 radical (unpaired) electrons. The third-order valence-corrected chi connectivity index (χ3v) is 3.12. The molecule has 0 saturated heterocycles. The van der Waals surface area contributed by atoms with Crippen LogP contribution in [0.5, 0.6) is 0 Å². The lowest BCUT2D eigenvalue weighted by Gasteiger charge is -2.05. The van der Waals surface area contributed by atoms with Crippen molar-refractivity contribution in [1.29, 1.82) is 0 Å². The Morgan fingerprint density at radius 2 is 2.19 bits per heavy atom. The molecule has 0 atom stereocenters. The monoisotopic (exact) mass is 280 g/mol. The van der Waals surface area contributed by atoms with E-state index in [0.29, 0.717) is 6.54 Å². The van der Waals surface area contributed by atoms with Crippen molar-refractivity contribution in [3.8, 4) is 0 Å². The molecule has 1 N–H and O–H groups in total. The number of furan rings is 1. The van der Waals surface area contributed by atoms with Crippen LogP contribution in [0, 0.1) is 13.8 Å². The molecule has 0 unspecified atom stereocenters. The zero-order valence-electron chi connectivity index (χ0n) is 9.25. The molecule has 84 valence electrons. The van der Waals surface area contributed by atoms with Crippen LogP contribution < -0.4 is 5.32 Å². The lowest BCUT2D eigenvalue weighted by molar-refractivity contribution is 0.490. The summed E-state index contributed by atoms with van der Waals surface area (Å²) >= 11 is 3.42. The molecular weight excluding hydrogens is 268 g/mol. The highest BCUT2D eigenvalue weighted by atomic mass is 79.9. The number of anilines is 1. The first-order valence-electron chi connectivity index (χ1n) is 5.06. The van der Waals surface area contributed by atoms with Gasteiger partial charge in [0.1, 0.15) is 17.3 Å². The maximum Gasteiger partial charge on any atom is 0.126 e. The van der Waals surface area contributed by atoms with Crippen molar-refractivity contribution in [2.24, 2.45) is 0 Å². The quantitative estimate of drug-likeness (QED) is 0.932. The number of halogens is 1. The third-order valence-electron chi connectivity index (χ3n) is 2.29. The summed E-state index contributed by atoms with van der Waals surface area (Å²) < 4.78 is 6.48. The topological polar surface area (TPSA) is 38.1 Å². The Labute approximate surface area is 103 Å². The van der Waals surface area contributed by atoms with E-state index in [4.69, 9.17) is 4.42 Å². The Balaban J connectivity index is 2.02. The number of aryl methyl sites for hydroxylation is 2. The average Bonchev–Trinajstić information content (AvgIpc) is 2.66. The van der Waals surface area contributed by atoms with Crippen LogP contribution in [0.15, 0.2) is 33.3 Å². The second-order valence-corrected chi connectivity index (χ2v) is 4.54. The summed E-state index contributed by atoms with van der Waals surface area (Å²) in [5, 5.41) is 3.22. The average molecular weight is 281 g/mol. The molecule has 3 nitrogen and oxygen atoms in total. The van der Waals surface area contributed by atoms with Crippen LogP contribution in [0.25, 0.3) is 0 Å². The van der Waals surface area contributed by atoms with Gasteiger partial charge in [0.05, 0.1) is 6.54 Å². The zero-order valence-corrected chi connectivity index (χ0v) is 10.8. The number of nitrogens with zero attached hydrogens (tertiary/aromatic N) is 1. The fraction of sp³-hybridized carbons (Fsp3) is 0.250. The number of hydrogen-bond donors (Lipinski definition) is 1. The summed E-state index contributed by atoms with van der Waals surface area (Å²) in [4.78, 5) is 4.26. The first-order valence-corrected chi connectivity index (χ1v) is 5.86. The molecule has 0 saturated carbocycles. The smallest absolute Gasteiger partial charge is 0.126 e. The van der Waals surface area contributed by atoms with E-state index in [1.807, 2.05) is 32.0 Å². The Kier molecular flexibility index (Phi) is 3.29. The Hall–Kier alpha value is -1.29. The minimum atomic E-state index is 0.655.